The van der Waals surface area contributed by atoms with Crippen molar-refractivity contribution in [3.63, 3.8) is 0 Å². The monoisotopic (exact) mass is 356 g/mol. The van der Waals surface area contributed by atoms with Crippen LogP contribution in [0.15, 0.2) is 36.4 Å². The van der Waals surface area contributed by atoms with E-state index in [4.69, 9.17) is 0 Å². The predicted octanol–water partition coefficient (Wildman–Crippen LogP) is 4.77. The second-order valence-electron chi connectivity index (χ2n) is 4.76. The van der Waals surface area contributed by atoms with Crippen LogP contribution in [0.4, 0.5) is 0 Å². The fraction of sp³-hybridized carbons (Fsp3) is 0. The van der Waals surface area contributed by atoms with E-state index in [1.165, 1.54) is 34.4 Å². The molecule has 1 aromatic carbocycles. The normalized spacial score (nSPS) is 11.0. The first-order valence-corrected chi connectivity index (χ1v) is 9.02. The molecule has 0 aliphatic carbocycles. The van der Waals surface area contributed by atoms with Gasteiger partial charge in [0.2, 0.25) is 0 Å². The molecule has 0 fully saturated rings. The topological polar surface area (TPSA) is 59.9 Å². The Morgan fingerprint density at radius 1 is 0.696 bits per heavy atom. The van der Waals surface area contributed by atoms with Crippen molar-refractivity contribution in [2.45, 2.75) is 0 Å². The van der Waals surface area contributed by atoms with Gasteiger partial charge in [0.15, 0.2) is 12.6 Å². The lowest BCUT2D eigenvalue weighted by Gasteiger charge is -2.03. The van der Waals surface area contributed by atoms with Gasteiger partial charge in [-0.1, -0.05) is 12.1 Å². The van der Waals surface area contributed by atoms with Crippen LogP contribution in [0, 0.1) is 0 Å². The van der Waals surface area contributed by atoms with Gasteiger partial charge in [0, 0.05) is 20.9 Å². The number of carbonyl (C=O) groups is 2. The first kappa shape index (κ1) is 14.4. The van der Waals surface area contributed by atoms with Crippen molar-refractivity contribution >= 4 is 58.0 Å². The van der Waals surface area contributed by atoms with Crippen molar-refractivity contribution in [1.82, 2.24) is 8.75 Å². The lowest BCUT2D eigenvalue weighted by atomic mass is 10.1. The highest BCUT2D eigenvalue weighted by Crippen LogP contribution is 2.38. The summed E-state index contributed by atoms with van der Waals surface area (Å²) in [5, 5.41) is 0. The fourth-order valence-electron chi connectivity index (χ4n) is 2.39. The summed E-state index contributed by atoms with van der Waals surface area (Å²) in [5.41, 5.74) is 3.60. The van der Waals surface area contributed by atoms with E-state index in [-0.39, 0.29) is 0 Å². The minimum absolute atomic E-state index is 0.689. The average molecular weight is 356 g/mol. The average Bonchev–Trinajstić information content (AvgIpc) is 3.32. The molecule has 7 heteroatoms. The van der Waals surface area contributed by atoms with Gasteiger partial charge in [0.1, 0.15) is 11.0 Å². The number of carbonyl (C=O) groups excluding carboxylic acids is 2. The Kier molecular flexibility index (Phi) is 3.60. The van der Waals surface area contributed by atoms with Crippen LogP contribution in [0.5, 0.6) is 0 Å². The maximum absolute atomic E-state index is 10.9. The Morgan fingerprint density at radius 3 is 1.57 bits per heavy atom. The highest BCUT2D eigenvalue weighted by Gasteiger charge is 2.15. The van der Waals surface area contributed by atoms with Crippen molar-refractivity contribution in [2.24, 2.45) is 0 Å². The van der Waals surface area contributed by atoms with Crippen LogP contribution < -0.4 is 0 Å². The molecule has 0 radical (unpaired) electrons. The Morgan fingerprint density at radius 2 is 1.17 bits per heavy atom. The third-order valence-corrected chi connectivity index (χ3v) is 6.05. The number of fused-ring (bicyclic) bond motifs is 1. The smallest absolute Gasteiger partial charge is 0.160 e. The van der Waals surface area contributed by atoms with Gasteiger partial charge < -0.3 is 0 Å². The molecule has 0 unspecified atom stereocenters. The fourth-order valence-corrected chi connectivity index (χ4v) is 4.66. The van der Waals surface area contributed by atoms with E-state index >= 15 is 0 Å². The van der Waals surface area contributed by atoms with E-state index < -0.39 is 0 Å². The molecule has 112 valence electrons. The van der Waals surface area contributed by atoms with Crippen molar-refractivity contribution in [3.8, 4) is 20.9 Å². The molecule has 0 atom stereocenters. The van der Waals surface area contributed by atoms with E-state index in [9.17, 15) is 9.59 Å². The minimum Gasteiger partial charge on any atom is -0.297 e. The molecular formula is C16H8N2O2S3. The summed E-state index contributed by atoms with van der Waals surface area (Å²) in [4.78, 5) is 25.2. The third-order valence-electron chi connectivity index (χ3n) is 3.43. The van der Waals surface area contributed by atoms with E-state index in [1.807, 2.05) is 36.4 Å². The summed E-state index contributed by atoms with van der Waals surface area (Å²) >= 11 is 4.04. The molecule has 0 saturated carbocycles. The molecule has 0 N–H and O–H groups in total. The number of aromatic nitrogens is 2. The number of aldehydes is 2. The molecule has 0 aliphatic heterocycles. The molecule has 0 bridgehead atoms. The largest absolute Gasteiger partial charge is 0.297 e. The Bertz CT molecular complexity index is 949. The summed E-state index contributed by atoms with van der Waals surface area (Å²) in [5.74, 6) is 0. The van der Waals surface area contributed by atoms with E-state index in [1.54, 1.807) is 0 Å². The summed E-state index contributed by atoms with van der Waals surface area (Å²) in [7, 11) is 0. The lowest BCUT2D eigenvalue weighted by Crippen LogP contribution is -1.81. The van der Waals surface area contributed by atoms with Gasteiger partial charge in [-0.15, -0.1) is 22.7 Å². The Labute approximate surface area is 143 Å². The van der Waals surface area contributed by atoms with Gasteiger partial charge in [-0.2, -0.15) is 8.75 Å². The molecule has 0 saturated heterocycles. The van der Waals surface area contributed by atoms with Gasteiger partial charge >= 0.3 is 0 Å². The molecule has 3 aromatic heterocycles. The molecule has 3 heterocycles. The number of hydrogen-bond acceptors (Lipinski definition) is 7. The van der Waals surface area contributed by atoms with Crippen LogP contribution in [-0.4, -0.2) is 21.3 Å². The van der Waals surface area contributed by atoms with E-state index in [2.05, 4.69) is 8.75 Å². The van der Waals surface area contributed by atoms with Crippen LogP contribution >= 0.6 is 34.4 Å². The van der Waals surface area contributed by atoms with E-state index in [0.29, 0.717) is 9.75 Å². The van der Waals surface area contributed by atoms with Gasteiger partial charge in [-0.3, -0.25) is 9.59 Å². The summed E-state index contributed by atoms with van der Waals surface area (Å²) in [6.07, 6.45) is 1.71. The van der Waals surface area contributed by atoms with Crippen LogP contribution in [0.2, 0.25) is 0 Å². The highest BCUT2D eigenvalue weighted by molar-refractivity contribution is 7.17. The predicted molar refractivity (Wildman–Crippen MR) is 94.8 cm³/mol. The molecule has 4 rings (SSSR count). The summed E-state index contributed by atoms with van der Waals surface area (Å²) in [6, 6.07) is 11.5. The molecule has 23 heavy (non-hydrogen) atoms. The highest BCUT2D eigenvalue weighted by atomic mass is 32.1. The quantitative estimate of drug-likeness (QED) is 0.494. The van der Waals surface area contributed by atoms with E-state index in [0.717, 1.165) is 44.5 Å². The maximum Gasteiger partial charge on any atom is 0.160 e. The van der Waals surface area contributed by atoms with Crippen LogP contribution in [0.25, 0.3) is 31.9 Å². The van der Waals surface area contributed by atoms with Gasteiger partial charge in [0.25, 0.3) is 0 Å². The number of thiophene rings is 2. The first-order valence-electron chi connectivity index (χ1n) is 6.66. The molecular weight excluding hydrogens is 348 g/mol. The van der Waals surface area contributed by atoms with Crippen molar-refractivity contribution in [3.05, 3.63) is 46.2 Å². The molecule has 4 nitrogen and oxygen atoms in total. The minimum atomic E-state index is 0.689. The third kappa shape index (κ3) is 2.42. The maximum atomic E-state index is 10.9. The zero-order valence-corrected chi connectivity index (χ0v) is 14.0. The Hall–Kier alpha value is -2.22. The SMILES string of the molecule is O=Cc1ccc(-c2ccc(-c3ccc(C=O)s3)c3nsnc23)s1. The number of hydrogen-bond donors (Lipinski definition) is 0. The van der Waals surface area contributed by atoms with Crippen molar-refractivity contribution in [2.75, 3.05) is 0 Å². The number of nitrogens with zero attached hydrogens (tertiary/aromatic N) is 2. The van der Waals surface area contributed by atoms with Gasteiger partial charge in [-0.25, -0.2) is 0 Å². The van der Waals surface area contributed by atoms with Crippen molar-refractivity contribution in [1.29, 1.82) is 0 Å². The summed E-state index contributed by atoms with van der Waals surface area (Å²) in [6.45, 7) is 0. The van der Waals surface area contributed by atoms with Crippen molar-refractivity contribution < 1.29 is 9.59 Å². The number of benzene rings is 1. The Balaban J connectivity index is 1.90. The van der Waals surface area contributed by atoms with Gasteiger partial charge in [-0.05, 0) is 24.3 Å². The standard InChI is InChI=1S/C16H8N2O2S3/c19-7-9-1-5-13(21-9)11-3-4-12(16-15(11)17-23-18-16)14-6-2-10(8-20)22-14/h1-8H. The molecule has 0 aliphatic rings. The number of rotatable bonds is 4. The van der Waals surface area contributed by atoms with Crippen LogP contribution in [0.1, 0.15) is 19.3 Å². The second-order valence-corrected chi connectivity index (χ2v) is 7.52. The van der Waals surface area contributed by atoms with Crippen LogP contribution in [0.3, 0.4) is 0 Å². The van der Waals surface area contributed by atoms with Gasteiger partial charge in [0.05, 0.1) is 21.5 Å². The lowest BCUT2D eigenvalue weighted by molar-refractivity contribution is 0.111. The molecule has 4 aromatic rings. The van der Waals surface area contributed by atoms with Crippen LogP contribution in [-0.2, 0) is 0 Å². The molecule has 0 spiro atoms. The second kappa shape index (κ2) is 5.77. The summed E-state index contributed by atoms with van der Waals surface area (Å²) < 4.78 is 8.85. The zero-order valence-electron chi connectivity index (χ0n) is 11.6. The zero-order chi connectivity index (χ0) is 15.8. The molecule has 0 amide bonds. The first-order chi connectivity index (χ1) is 11.3.